The second-order valence-electron chi connectivity index (χ2n) is 7.27. The lowest BCUT2D eigenvalue weighted by molar-refractivity contribution is -0.0849. The number of hydrogen-bond acceptors (Lipinski definition) is 4. The van der Waals surface area contributed by atoms with Gasteiger partial charge in [0.05, 0.1) is 19.3 Å². The molecule has 7 heteroatoms. The molecule has 3 saturated heterocycles. The van der Waals surface area contributed by atoms with Gasteiger partial charge in [0.25, 0.3) is 0 Å². The van der Waals surface area contributed by atoms with Gasteiger partial charge in [-0.15, -0.1) is 0 Å². The third kappa shape index (κ3) is 4.08. The van der Waals surface area contributed by atoms with Gasteiger partial charge in [-0.05, 0) is 37.5 Å². The molecule has 26 heavy (non-hydrogen) atoms. The first kappa shape index (κ1) is 17.9. The van der Waals surface area contributed by atoms with Crippen molar-refractivity contribution in [3.8, 4) is 0 Å². The average molecular weight is 380 g/mol. The van der Waals surface area contributed by atoms with Gasteiger partial charge < -0.3 is 24.6 Å². The van der Waals surface area contributed by atoms with Crippen molar-refractivity contribution in [1.82, 2.24) is 10.2 Å². The fraction of sp³-hybridized carbons (Fsp3) is 0.632. The zero-order valence-electron chi connectivity index (χ0n) is 14.9. The number of carbonyl (C=O) groups excluding carboxylic acids is 1. The Morgan fingerprint density at radius 2 is 2.00 bits per heavy atom. The first-order valence-electron chi connectivity index (χ1n) is 9.48. The second-order valence-corrected chi connectivity index (χ2v) is 7.70. The van der Waals surface area contributed by atoms with Crippen LogP contribution in [0.2, 0.25) is 5.02 Å². The van der Waals surface area contributed by atoms with Gasteiger partial charge in [0, 0.05) is 43.0 Å². The monoisotopic (exact) mass is 379 g/mol. The number of morpholine rings is 1. The maximum absolute atomic E-state index is 12.7. The van der Waals surface area contributed by atoms with E-state index in [1.165, 1.54) is 0 Å². The van der Waals surface area contributed by atoms with Gasteiger partial charge in [0.15, 0.2) is 0 Å². The van der Waals surface area contributed by atoms with Crippen LogP contribution < -0.4 is 10.2 Å². The molecule has 0 aliphatic carbocycles. The Morgan fingerprint density at radius 3 is 2.81 bits per heavy atom. The molecule has 3 heterocycles. The number of hydrogen-bond donors (Lipinski definition) is 1. The highest BCUT2D eigenvalue weighted by Crippen LogP contribution is 2.24. The lowest BCUT2D eigenvalue weighted by atomic mass is 10.1. The lowest BCUT2D eigenvalue weighted by Crippen LogP contribution is -2.54. The van der Waals surface area contributed by atoms with Crippen molar-refractivity contribution in [2.75, 3.05) is 44.3 Å². The van der Waals surface area contributed by atoms with Crippen molar-refractivity contribution < 1.29 is 14.3 Å². The molecule has 1 N–H and O–H groups in total. The summed E-state index contributed by atoms with van der Waals surface area (Å²) >= 11 is 6.09. The smallest absolute Gasteiger partial charge is 0.317 e. The lowest BCUT2D eigenvalue weighted by Gasteiger charge is -2.35. The van der Waals surface area contributed by atoms with E-state index >= 15 is 0 Å². The molecule has 1 aromatic rings. The number of benzene rings is 1. The highest BCUT2D eigenvalue weighted by Gasteiger charge is 2.34. The first-order valence-corrected chi connectivity index (χ1v) is 9.86. The van der Waals surface area contributed by atoms with Gasteiger partial charge in [0.2, 0.25) is 0 Å². The second kappa shape index (κ2) is 8.03. The van der Waals surface area contributed by atoms with E-state index in [9.17, 15) is 4.79 Å². The zero-order chi connectivity index (χ0) is 17.9. The van der Waals surface area contributed by atoms with E-state index in [1.807, 2.05) is 23.1 Å². The number of nitrogens with zero attached hydrogens (tertiary/aromatic N) is 2. The van der Waals surface area contributed by atoms with Crippen molar-refractivity contribution >= 4 is 23.3 Å². The van der Waals surface area contributed by atoms with E-state index < -0.39 is 0 Å². The Kier molecular flexibility index (Phi) is 5.52. The highest BCUT2D eigenvalue weighted by molar-refractivity contribution is 6.30. The van der Waals surface area contributed by atoms with E-state index in [0.29, 0.717) is 19.7 Å². The normalized spacial score (nSPS) is 29.2. The standard InChI is InChI=1S/C19H26ClN3O3/c20-14-3-1-4-16(11-14)22-7-6-15(12-22)21-19(24)23-8-10-26-18(13-23)17-5-2-9-25-17/h1,3-4,11,15,17-18H,2,5-10,12-13H2,(H,21,24)/t15-,17-,18+/m1/s1. The van der Waals surface area contributed by atoms with Crippen molar-refractivity contribution in [3.63, 3.8) is 0 Å². The molecule has 4 rings (SSSR count). The van der Waals surface area contributed by atoms with Crippen LogP contribution >= 0.6 is 11.6 Å². The molecule has 0 spiro atoms. The molecule has 3 atom stereocenters. The predicted octanol–water partition coefficient (Wildman–Crippen LogP) is 2.51. The van der Waals surface area contributed by atoms with Crippen LogP contribution in [-0.4, -0.2) is 68.6 Å². The predicted molar refractivity (Wildman–Crippen MR) is 101 cm³/mol. The Morgan fingerprint density at radius 1 is 1.12 bits per heavy atom. The number of anilines is 1. The van der Waals surface area contributed by atoms with Crippen LogP contribution in [0, 0.1) is 0 Å². The maximum atomic E-state index is 12.7. The van der Waals surface area contributed by atoms with E-state index in [1.54, 1.807) is 0 Å². The summed E-state index contributed by atoms with van der Waals surface area (Å²) in [6, 6.07) is 8.04. The van der Waals surface area contributed by atoms with Crippen molar-refractivity contribution in [2.24, 2.45) is 0 Å². The van der Waals surface area contributed by atoms with Crippen LogP contribution in [0.25, 0.3) is 0 Å². The third-order valence-corrected chi connectivity index (χ3v) is 5.68. The van der Waals surface area contributed by atoms with Gasteiger partial charge in [-0.3, -0.25) is 0 Å². The molecular weight excluding hydrogens is 354 g/mol. The van der Waals surface area contributed by atoms with E-state index in [-0.39, 0.29) is 24.3 Å². The quantitative estimate of drug-likeness (QED) is 0.876. The number of nitrogens with one attached hydrogen (secondary N) is 1. The number of urea groups is 1. The maximum Gasteiger partial charge on any atom is 0.317 e. The summed E-state index contributed by atoms with van der Waals surface area (Å²) in [7, 11) is 0. The topological polar surface area (TPSA) is 54.0 Å². The summed E-state index contributed by atoms with van der Waals surface area (Å²) in [6.07, 6.45) is 3.19. The summed E-state index contributed by atoms with van der Waals surface area (Å²) in [5.74, 6) is 0. The van der Waals surface area contributed by atoms with Crippen LogP contribution in [0.4, 0.5) is 10.5 Å². The Labute approximate surface area is 159 Å². The van der Waals surface area contributed by atoms with Crippen molar-refractivity contribution in [3.05, 3.63) is 29.3 Å². The molecule has 0 bridgehead atoms. The fourth-order valence-electron chi connectivity index (χ4n) is 4.03. The SMILES string of the molecule is O=C(N[C@@H]1CCN(c2cccc(Cl)c2)C1)N1CCO[C@H]([C@H]2CCCO2)C1. The molecule has 3 aliphatic rings. The fourth-order valence-corrected chi connectivity index (χ4v) is 4.22. The molecule has 0 saturated carbocycles. The van der Waals surface area contributed by atoms with E-state index in [4.69, 9.17) is 21.1 Å². The molecule has 0 aromatic heterocycles. The Balaban J connectivity index is 1.29. The summed E-state index contributed by atoms with van der Waals surface area (Å²) in [5, 5.41) is 3.93. The summed E-state index contributed by atoms with van der Waals surface area (Å²) < 4.78 is 11.6. The molecule has 3 aliphatic heterocycles. The van der Waals surface area contributed by atoms with Crippen molar-refractivity contribution in [2.45, 2.75) is 37.5 Å². The minimum atomic E-state index is 0.00328. The number of rotatable bonds is 3. The Bertz CT molecular complexity index is 638. The van der Waals surface area contributed by atoms with Gasteiger partial charge in [0.1, 0.15) is 6.10 Å². The largest absolute Gasteiger partial charge is 0.375 e. The molecule has 0 radical (unpaired) electrons. The number of ether oxygens (including phenoxy) is 2. The van der Waals surface area contributed by atoms with E-state index in [0.717, 1.165) is 49.7 Å². The molecule has 3 fully saturated rings. The minimum absolute atomic E-state index is 0.00328. The van der Waals surface area contributed by atoms with Crippen LogP contribution in [0.3, 0.4) is 0 Å². The average Bonchev–Trinajstić information content (AvgIpc) is 3.34. The summed E-state index contributed by atoms with van der Waals surface area (Å²) in [4.78, 5) is 16.8. The molecule has 0 unspecified atom stereocenters. The van der Waals surface area contributed by atoms with Crippen LogP contribution in [-0.2, 0) is 9.47 Å². The molecule has 6 nitrogen and oxygen atoms in total. The number of halogens is 1. The van der Waals surface area contributed by atoms with Gasteiger partial charge >= 0.3 is 6.03 Å². The van der Waals surface area contributed by atoms with Crippen LogP contribution in [0.1, 0.15) is 19.3 Å². The number of amides is 2. The molecule has 142 valence electrons. The first-order chi connectivity index (χ1) is 12.7. The molecule has 2 amide bonds. The van der Waals surface area contributed by atoms with Crippen molar-refractivity contribution in [1.29, 1.82) is 0 Å². The van der Waals surface area contributed by atoms with Gasteiger partial charge in [-0.25, -0.2) is 4.79 Å². The van der Waals surface area contributed by atoms with Gasteiger partial charge in [-0.1, -0.05) is 17.7 Å². The third-order valence-electron chi connectivity index (χ3n) is 5.45. The number of carbonyl (C=O) groups is 1. The summed E-state index contributed by atoms with van der Waals surface area (Å²) in [5.41, 5.74) is 1.11. The molecular formula is C19H26ClN3O3. The van der Waals surface area contributed by atoms with E-state index in [2.05, 4.69) is 16.3 Å². The van der Waals surface area contributed by atoms with Gasteiger partial charge in [-0.2, -0.15) is 0 Å². The Hall–Kier alpha value is -1.50. The zero-order valence-corrected chi connectivity index (χ0v) is 15.7. The minimum Gasteiger partial charge on any atom is -0.375 e. The van der Waals surface area contributed by atoms with Crippen LogP contribution in [0.5, 0.6) is 0 Å². The molecule has 1 aromatic carbocycles. The summed E-state index contributed by atoms with van der Waals surface area (Å²) in [6.45, 7) is 4.37. The highest BCUT2D eigenvalue weighted by atomic mass is 35.5. The van der Waals surface area contributed by atoms with Crippen LogP contribution in [0.15, 0.2) is 24.3 Å².